The minimum Gasteiger partial charge on any atom is -0.492 e. The maximum Gasteiger partial charge on any atom is 0.274 e. The Bertz CT molecular complexity index is 1360. The number of hydrogen-bond acceptors (Lipinski definition) is 6. The van der Waals surface area contributed by atoms with Gasteiger partial charge in [0, 0.05) is 17.4 Å². The minimum absolute atomic E-state index is 0.0791. The first-order valence-electron chi connectivity index (χ1n) is 9.90. The van der Waals surface area contributed by atoms with Crippen molar-refractivity contribution in [2.45, 2.75) is 13.8 Å². The number of anilines is 2. The maximum atomic E-state index is 13.3. The molecule has 0 aliphatic heterocycles. The fourth-order valence-corrected chi connectivity index (χ4v) is 4.26. The third-order valence-corrected chi connectivity index (χ3v) is 5.58. The van der Waals surface area contributed by atoms with E-state index in [1.54, 1.807) is 55.5 Å². The number of nitrogens with one attached hydrogen (secondary N) is 2. The molecule has 0 unspecified atom stereocenters. The summed E-state index contributed by atoms with van der Waals surface area (Å²) in [5, 5.41) is 5.53. The van der Waals surface area contributed by atoms with Gasteiger partial charge in [0.25, 0.3) is 17.4 Å². The molecule has 0 fully saturated rings. The van der Waals surface area contributed by atoms with Crippen LogP contribution >= 0.6 is 11.3 Å². The van der Waals surface area contributed by atoms with Crippen molar-refractivity contribution in [1.82, 2.24) is 9.38 Å². The van der Waals surface area contributed by atoms with Gasteiger partial charge in [-0.1, -0.05) is 41.7 Å². The number of para-hydroxylation sites is 3. The van der Waals surface area contributed by atoms with Gasteiger partial charge in [0.15, 0.2) is 4.96 Å². The predicted octanol–water partition coefficient (Wildman–Crippen LogP) is 3.97. The SMILES string of the molecule is CCOc1ccccc1NC(=O)c1c(C(=O)Nc2ccccc2)sc2nc(C)cc(=O)n12. The summed E-state index contributed by atoms with van der Waals surface area (Å²) in [6.07, 6.45) is 0. The number of aromatic nitrogens is 2. The normalized spacial score (nSPS) is 10.7. The summed E-state index contributed by atoms with van der Waals surface area (Å²) < 4.78 is 6.73. The number of thiazole rings is 1. The average molecular weight is 449 g/mol. The molecule has 2 aromatic carbocycles. The summed E-state index contributed by atoms with van der Waals surface area (Å²) in [5.74, 6) is -0.638. The summed E-state index contributed by atoms with van der Waals surface area (Å²) in [5.41, 5.74) is 0.980. The molecule has 0 saturated carbocycles. The van der Waals surface area contributed by atoms with Crippen LogP contribution in [0.15, 0.2) is 65.5 Å². The standard InChI is InChI=1S/C23H20N4O4S/c1-3-31-17-12-8-7-11-16(17)26-21(29)19-20(22(30)25-15-9-5-4-6-10-15)32-23-24-14(2)13-18(28)27(19)23/h4-13H,3H2,1-2H3,(H,25,30)(H,26,29). The highest BCUT2D eigenvalue weighted by Crippen LogP contribution is 2.27. The van der Waals surface area contributed by atoms with Crippen molar-refractivity contribution in [3.8, 4) is 5.75 Å². The van der Waals surface area contributed by atoms with E-state index in [0.29, 0.717) is 29.4 Å². The zero-order valence-electron chi connectivity index (χ0n) is 17.4. The second kappa shape index (κ2) is 9.03. The third kappa shape index (κ3) is 4.23. The lowest BCUT2D eigenvalue weighted by Gasteiger charge is -2.12. The van der Waals surface area contributed by atoms with Crippen LogP contribution in [0.4, 0.5) is 11.4 Å². The molecule has 4 rings (SSSR count). The molecule has 4 aromatic rings. The van der Waals surface area contributed by atoms with Crippen LogP contribution in [0.3, 0.4) is 0 Å². The van der Waals surface area contributed by atoms with Gasteiger partial charge in [-0.15, -0.1) is 0 Å². The summed E-state index contributed by atoms with van der Waals surface area (Å²) in [7, 11) is 0. The highest BCUT2D eigenvalue weighted by atomic mass is 32.1. The van der Waals surface area contributed by atoms with E-state index in [1.807, 2.05) is 13.0 Å². The number of carbonyl (C=O) groups excluding carboxylic acids is 2. The molecular weight excluding hydrogens is 428 g/mol. The molecule has 0 bridgehead atoms. The number of rotatable bonds is 6. The van der Waals surface area contributed by atoms with Crippen molar-refractivity contribution in [2.75, 3.05) is 17.2 Å². The van der Waals surface area contributed by atoms with Gasteiger partial charge >= 0.3 is 0 Å². The smallest absolute Gasteiger partial charge is 0.274 e. The van der Waals surface area contributed by atoms with E-state index >= 15 is 0 Å². The van der Waals surface area contributed by atoms with Gasteiger partial charge in [-0.3, -0.25) is 14.4 Å². The van der Waals surface area contributed by atoms with Crippen LogP contribution in [0.25, 0.3) is 4.96 Å². The largest absolute Gasteiger partial charge is 0.492 e. The zero-order valence-corrected chi connectivity index (χ0v) is 18.2. The number of ether oxygens (including phenoxy) is 1. The van der Waals surface area contributed by atoms with Crippen LogP contribution in [-0.4, -0.2) is 27.8 Å². The monoisotopic (exact) mass is 448 g/mol. The number of aryl methyl sites for hydroxylation is 1. The summed E-state index contributed by atoms with van der Waals surface area (Å²) in [6, 6.07) is 17.1. The lowest BCUT2D eigenvalue weighted by atomic mass is 10.2. The Morgan fingerprint density at radius 2 is 1.75 bits per heavy atom. The van der Waals surface area contributed by atoms with Crippen LogP contribution in [0, 0.1) is 6.92 Å². The number of hydrogen-bond donors (Lipinski definition) is 2. The number of carbonyl (C=O) groups is 2. The van der Waals surface area contributed by atoms with Gasteiger partial charge in [0.05, 0.1) is 12.3 Å². The topological polar surface area (TPSA) is 102 Å². The molecular formula is C23H20N4O4S. The van der Waals surface area contributed by atoms with Crippen molar-refractivity contribution in [1.29, 1.82) is 0 Å². The fourth-order valence-electron chi connectivity index (χ4n) is 3.19. The van der Waals surface area contributed by atoms with Crippen LogP contribution < -0.4 is 20.9 Å². The van der Waals surface area contributed by atoms with E-state index < -0.39 is 17.4 Å². The molecule has 2 amide bonds. The number of amides is 2. The molecule has 0 atom stereocenters. The Balaban J connectivity index is 1.80. The summed E-state index contributed by atoms with van der Waals surface area (Å²) in [4.78, 5) is 43.8. The molecule has 162 valence electrons. The Morgan fingerprint density at radius 3 is 2.50 bits per heavy atom. The molecule has 0 aliphatic carbocycles. The van der Waals surface area contributed by atoms with Gasteiger partial charge in [0.1, 0.15) is 16.3 Å². The Morgan fingerprint density at radius 1 is 1.03 bits per heavy atom. The molecule has 0 saturated heterocycles. The first-order chi connectivity index (χ1) is 15.5. The Labute approximate surface area is 187 Å². The highest BCUT2D eigenvalue weighted by molar-refractivity contribution is 7.19. The number of fused-ring (bicyclic) bond motifs is 1. The van der Waals surface area contributed by atoms with Crippen LogP contribution in [0.1, 0.15) is 32.8 Å². The second-order valence-electron chi connectivity index (χ2n) is 6.84. The van der Waals surface area contributed by atoms with Gasteiger partial charge in [0.2, 0.25) is 0 Å². The fraction of sp³-hybridized carbons (Fsp3) is 0.130. The van der Waals surface area contributed by atoms with Crippen LogP contribution in [0.2, 0.25) is 0 Å². The van der Waals surface area contributed by atoms with Crippen molar-refractivity contribution in [2.24, 2.45) is 0 Å². The average Bonchev–Trinajstić information content (AvgIpc) is 3.16. The zero-order chi connectivity index (χ0) is 22.7. The van der Waals surface area contributed by atoms with Crippen molar-refractivity contribution >= 4 is 39.5 Å². The number of nitrogens with zero attached hydrogens (tertiary/aromatic N) is 2. The first-order valence-corrected chi connectivity index (χ1v) is 10.7. The Kier molecular flexibility index (Phi) is 6.00. The van der Waals surface area contributed by atoms with E-state index in [1.165, 1.54) is 6.07 Å². The van der Waals surface area contributed by atoms with E-state index in [2.05, 4.69) is 15.6 Å². The predicted molar refractivity (Wildman–Crippen MR) is 124 cm³/mol. The van der Waals surface area contributed by atoms with E-state index in [0.717, 1.165) is 15.7 Å². The van der Waals surface area contributed by atoms with Crippen LogP contribution in [-0.2, 0) is 0 Å². The quantitative estimate of drug-likeness (QED) is 0.465. The molecule has 0 spiro atoms. The van der Waals surface area contributed by atoms with Crippen molar-refractivity contribution < 1.29 is 14.3 Å². The first kappa shape index (κ1) is 21.3. The molecule has 0 aliphatic rings. The molecule has 0 radical (unpaired) electrons. The molecule has 2 N–H and O–H groups in total. The van der Waals surface area contributed by atoms with Gasteiger partial charge in [-0.25, -0.2) is 9.38 Å². The van der Waals surface area contributed by atoms with Gasteiger partial charge < -0.3 is 15.4 Å². The summed E-state index contributed by atoms with van der Waals surface area (Å²) in [6.45, 7) is 3.94. The molecule has 2 aromatic heterocycles. The van der Waals surface area contributed by atoms with Crippen molar-refractivity contribution in [3.63, 3.8) is 0 Å². The maximum absolute atomic E-state index is 13.3. The van der Waals surface area contributed by atoms with Crippen LogP contribution in [0.5, 0.6) is 5.75 Å². The second-order valence-corrected chi connectivity index (χ2v) is 7.81. The molecule has 2 heterocycles. The molecule has 9 heteroatoms. The van der Waals surface area contributed by atoms with Crippen molar-refractivity contribution in [3.05, 3.63) is 87.3 Å². The third-order valence-electron chi connectivity index (χ3n) is 4.54. The van der Waals surface area contributed by atoms with Gasteiger partial charge in [-0.05, 0) is 38.1 Å². The molecule has 32 heavy (non-hydrogen) atoms. The lowest BCUT2D eigenvalue weighted by Crippen LogP contribution is -2.25. The van der Waals surface area contributed by atoms with E-state index in [4.69, 9.17) is 4.74 Å². The Hall–Kier alpha value is -3.98. The number of benzene rings is 2. The van der Waals surface area contributed by atoms with E-state index in [-0.39, 0.29) is 15.5 Å². The highest BCUT2D eigenvalue weighted by Gasteiger charge is 2.26. The lowest BCUT2D eigenvalue weighted by molar-refractivity contribution is 0.0989. The molecule has 8 nitrogen and oxygen atoms in total. The van der Waals surface area contributed by atoms with Gasteiger partial charge in [-0.2, -0.15) is 0 Å². The van der Waals surface area contributed by atoms with E-state index in [9.17, 15) is 14.4 Å². The summed E-state index contributed by atoms with van der Waals surface area (Å²) >= 11 is 0.981. The minimum atomic E-state index is -0.616.